The molecule has 0 unspecified atom stereocenters. The molecule has 2 aromatic carbocycles. The van der Waals surface area contributed by atoms with Crippen molar-refractivity contribution in [3.8, 4) is 0 Å². The van der Waals surface area contributed by atoms with Crippen LogP contribution in [0.2, 0.25) is 0 Å². The molecule has 0 aliphatic rings. The van der Waals surface area contributed by atoms with Crippen LogP contribution in [0.15, 0.2) is 48.5 Å². The lowest BCUT2D eigenvalue weighted by Crippen LogP contribution is -2.15. The smallest absolute Gasteiger partial charge is 0.257 e. The zero-order valence-electron chi connectivity index (χ0n) is 16.2. The highest BCUT2D eigenvalue weighted by atomic mass is 32.1. The fraction of sp³-hybridized carbons (Fsp3) is 0.238. The highest BCUT2D eigenvalue weighted by Crippen LogP contribution is 2.28. The number of carbonyl (C=O) groups is 2. The zero-order chi connectivity index (χ0) is 20.3. The fourth-order valence-electron chi connectivity index (χ4n) is 2.43. The molecular formula is C21H22N4O2S. The second kappa shape index (κ2) is 7.90. The van der Waals surface area contributed by atoms with E-state index < -0.39 is 0 Å². The molecule has 2 N–H and O–H groups in total. The fourth-order valence-corrected chi connectivity index (χ4v) is 3.22. The third-order valence-corrected chi connectivity index (χ3v) is 5.34. The summed E-state index contributed by atoms with van der Waals surface area (Å²) in [7, 11) is 0. The highest BCUT2D eigenvalue weighted by Gasteiger charge is 2.20. The molecule has 1 aromatic heterocycles. The predicted molar refractivity (Wildman–Crippen MR) is 112 cm³/mol. The Balaban J connectivity index is 1.76. The average Bonchev–Trinajstić information content (AvgIpc) is 3.13. The van der Waals surface area contributed by atoms with Crippen molar-refractivity contribution in [1.29, 1.82) is 0 Å². The Bertz CT molecular complexity index is 1010. The van der Waals surface area contributed by atoms with Crippen LogP contribution in [0.1, 0.15) is 52.1 Å². The Morgan fingerprint density at radius 2 is 1.57 bits per heavy atom. The summed E-state index contributed by atoms with van der Waals surface area (Å²) in [6, 6.07) is 14.1. The largest absolute Gasteiger partial charge is 0.322 e. The molecule has 0 radical (unpaired) electrons. The van der Waals surface area contributed by atoms with Gasteiger partial charge in [0.2, 0.25) is 5.13 Å². The predicted octanol–water partition coefficient (Wildman–Crippen LogP) is 4.65. The SMILES string of the molecule is Cc1ccc(C(=O)Nc2nnc(C(C)(C)C)s2)cc1NC(=O)c1ccccc1. The number of nitrogens with one attached hydrogen (secondary N) is 2. The summed E-state index contributed by atoms with van der Waals surface area (Å²) in [6.45, 7) is 8.00. The van der Waals surface area contributed by atoms with E-state index in [1.807, 2.05) is 33.8 Å². The number of hydrogen-bond donors (Lipinski definition) is 2. The Morgan fingerprint density at radius 1 is 0.893 bits per heavy atom. The van der Waals surface area contributed by atoms with Gasteiger partial charge in [-0.05, 0) is 36.8 Å². The zero-order valence-corrected chi connectivity index (χ0v) is 17.1. The summed E-state index contributed by atoms with van der Waals surface area (Å²) in [5, 5.41) is 15.1. The van der Waals surface area contributed by atoms with Gasteiger partial charge in [-0.3, -0.25) is 14.9 Å². The maximum absolute atomic E-state index is 12.6. The van der Waals surface area contributed by atoms with Crippen LogP contribution in [0, 0.1) is 6.92 Å². The van der Waals surface area contributed by atoms with Gasteiger partial charge in [-0.25, -0.2) is 0 Å². The Kier molecular flexibility index (Phi) is 5.56. The summed E-state index contributed by atoms with van der Waals surface area (Å²) in [5.41, 5.74) is 2.32. The van der Waals surface area contributed by atoms with Gasteiger partial charge in [-0.15, -0.1) is 10.2 Å². The minimum atomic E-state index is -0.299. The molecule has 0 aliphatic carbocycles. The monoisotopic (exact) mass is 394 g/mol. The molecule has 0 aliphatic heterocycles. The van der Waals surface area contributed by atoms with Gasteiger partial charge < -0.3 is 5.32 Å². The van der Waals surface area contributed by atoms with Crippen molar-refractivity contribution >= 4 is 34.0 Å². The third kappa shape index (κ3) is 4.61. The maximum Gasteiger partial charge on any atom is 0.257 e. The molecule has 7 heteroatoms. The van der Waals surface area contributed by atoms with Crippen molar-refractivity contribution in [3.05, 3.63) is 70.2 Å². The number of rotatable bonds is 4. The number of nitrogens with zero attached hydrogens (tertiary/aromatic N) is 2. The van der Waals surface area contributed by atoms with Gasteiger partial charge in [0.15, 0.2) is 0 Å². The van der Waals surface area contributed by atoms with Gasteiger partial charge in [0.05, 0.1) is 0 Å². The number of aryl methyl sites for hydroxylation is 1. The summed E-state index contributed by atoms with van der Waals surface area (Å²) >= 11 is 1.35. The van der Waals surface area contributed by atoms with Crippen LogP contribution in [0.25, 0.3) is 0 Å². The van der Waals surface area contributed by atoms with Crippen molar-refractivity contribution in [2.75, 3.05) is 10.6 Å². The van der Waals surface area contributed by atoms with Gasteiger partial charge in [-0.2, -0.15) is 0 Å². The van der Waals surface area contributed by atoms with E-state index in [0.717, 1.165) is 10.6 Å². The second-order valence-electron chi connectivity index (χ2n) is 7.47. The molecule has 1 heterocycles. The molecule has 3 aromatic rings. The summed E-state index contributed by atoms with van der Waals surface area (Å²) in [6.07, 6.45) is 0. The first-order valence-electron chi connectivity index (χ1n) is 8.86. The van der Waals surface area contributed by atoms with Gasteiger partial charge in [0.1, 0.15) is 5.01 Å². The van der Waals surface area contributed by atoms with Crippen molar-refractivity contribution in [2.45, 2.75) is 33.1 Å². The van der Waals surface area contributed by atoms with E-state index in [-0.39, 0.29) is 17.2 Å². The van der Waals surface area contributed by atoms with Crippen molar-refractivity contribution in [2.24, 2.45) is 0 Å². The molecule has 0 atom stereocenters. The average molecular weight is 395 g/mol. The number of hydrogen-bond acceptors (Lipinski definition) is 5. The van der Waals surface area contributed by atoms with Crippen LogP contribution in [0.3, 0.4) is 0 Å². The molecule has 0 spiro atoms. The van der Waals surface area contributed by atoms with Crippen molar-refractivity contribution in [3.63, 3.8) is 0 Å². The third-order valence-electron chi connectivity index (χ3n) is 4.07. The van der Waals surface area contributed by atoms with Crippen LogP contribution < -0.4 is 10.6 Å². The van der Waals surface area contributed by atoms with E-state index in [1.165, 1.54) is 11.3 Å². The van der Waals surface area contributed by atoms with E-state index in [0.29, 0.717) is 21.9 Å². The Morgan fingerprint density at radius 3 is 2.21 bits per heavy atom. The van der Waals surface area contributed by atoms with Gasteiger partial charge in [0.25, 0.3) is 11.8 Å². The molecule has 0 fully saturated rings. The van der Waals surface area contributed by atoms with Gasteiger partial charge in [-0.1, -0.05) is 56.4 Å². The molecule has 3 rings (SSSR count). The van der Waals surface area contributed by atoms with Crippen LogP contribution in [0.5, 0.6) is 0 Å². The first-order valence-corrected chi connectivity index (χ1v) is 9.68. The van der Waals surface area contributed by atoms with Crippen LogP contribution >= 0.6 is 11.3 Å². The van der Waals surface area contributed by atoms with Crippen molar-refractivity contribution in [1.82, 2.24) is 10.2 Å². The number of aromatic nitrogens is 2. The lowest BCUT2D eigenvalue weighted by atomic mass is 9.98. The first-order chi connectivity index (χ1) is 13.2. The molecule has 0 bridgehead atoms. The van der Waals surface area contributed by atoms with E-state index in [9.17, 15) is 9.59 Å². The maximum atomic E-state index is 12.6. The summed E-state index contributed by atoms with van der Waals surface area (Å²) in [5.74, 6) is -0.521. The highest BCUT2D eigenvalue weighted by molar-refractivity contribution is 7.15. The minimum absolute atomic E-state index is 0.126. The molecule has 0 saturated heterocycles. The first kappa shape index (κ1) is 19.7. The number of anilines is 2. The molecule has 0 saturated carbocycles. The normalized spacial score (nSPS) is 11.1. The van der Waals surface area contributed by atoms with Crippen LogP contribution in [-0.4, -0.2) is 22.0 Å². The van der Waals surface area contributed by atoms with Crippen LogP contribution in [-0.2, 0) is 5.41 Å². The molecule has 6 nitrogen and oxygen atoms in total. The molecule has 2 amide bonds. The number of amides is 2. The number of benzene rings is 2. The second-order valence-corrected chi connectivity index (χ2v) is 8.44. The Hall–Kier alpha value is -3.06. The molecular weight excluding hydrogens is 372 g/mol. The number of carbonyl (C=O) groups excluding carboxylic acids is 2. The minimum Gasteiger partial charge on any atom is -0.322 e. The van der Waals surface area contributed by atoms with E-state index in [1.54, 1.807) is 42.5 Å². The topological polar surface area (TPSA) is 84.0 Å². The van der Waals surface area contributed by atoms with E-state index in [4.69, 9.17) is 0 Å². The quantitative estimate of drug-likeness (QED) is 0.675. The molecule has 144 valence electrons. The van der Waals surface area contributed by atoms with E-state index >= 15 is 0 Å². The van der Waals surface area contributed by atoms with Crippen LogP contribution in [0.4, 0.5) is 10.8 Å². The lowest BCUT2D eigenvalue weighted by molar-refractivity contribution is 0.101. The standard InChI is InChI=1S/C21H22N4O2S/c1-13-10-11-15(12-16(13)22-17(26)14-8-6-5-7-9-14)18(27)23-20-25-24-19(28-20)21(2,3)4/h5-12H,1-4H3,(H,22,26)(H,23,25,27). The summed E-state index contributed by atoms with van der Waals surface area (Å²) < 4.78 is 0. The lowest BCUT2D eigenvalue weighted by Gasteiger charge is -2.12. The van der Waals surface area contributed by atoms with E-state index in [2.05, 4.69) is 20.8 Å². The Labute approximate surface area is 168 Å². The van der Waals surface area contributed by atoms with Crippen molar-refractivity contribution < 1.29 is 9.59 Å². The summed E-state index contributed by atoms with van der Waals surface area (Å²) in [4.78, 5) is 25.0. The van der Waals surface area contributed by atoms with Gasteiger partial charge in [0, 0.05) is 22.2 Å². The molecule has 28 heavy (non-hydrogen) atoms. The van der Waals surface area contributed by atoms with Gasteiger partial charge >= 0.3 is 0 Å².